The highest BCUT2D eigenvalue weighted by Crippen LogP contribution is 1.91. The SMILES string of the molecule is Cc1cn(C(=O)O)cn1. The van der Waals surface area contributed by atoms with Gasteiger partial charge >= 0.3 is 6.09 Å². The zero-order chi connectivity index (χ0) is 6.85. The highest BCUT2D eigenvalue weighted by Gasteiger charge is 1.98. The molecule has 0 aliphatic rings. The van der Waals surface area contributed by atoms with Crippen molar-refractivity contribution in [2.75, 3.05) is 0 Å². The first kappa shape index (κ1) is 5.81. The van der Waals surface area contributed by atoms with Crippen molar-refractivity contribution >= 4 is 6.09 Å². The van der Waals surface area contributed by atoms with Gasteiger partial charge in [-0.1, -0.05) is 0 Å². The highest BCUT2D eigenvalue weighted by atomic mass is 16.4. The van der Waals surface area contributed by atoms with Gasteiger partial charge in [0.2, 0.25) is 0 Å². The van der Waals surface area contributed by atoms with Crippen molar-refractivity contribution in [3.63, 3.8) is 0 Å². The lowest BCUT2D eigenvalue weighted by Crippen LogP contribution is -2.03. The quantitative estimate of drug-likeness (QED) is 0.557. The van der Waals surface area contributed by atoms with Crippen molar-refractivity contribution in [3.05, 3.63) is 18.2 Å². The fraction of sp³-hybridized carbons (Fsp3) is 0.200. The van der Waals surface area contributed by atoms with Gasteiger partial charge in [0.1, 0.15) is 6.33 Å². The zero-order valence-electron chi connectivity index (χ0n) is 4.90. The van der Waals surface area contributed by atoms with Gasteiger partial charge in [-0.05, 0) is 6.92 Å². The standard InChI is InChI=1S/C5H6N2O2/c1-4-2-7(3-6-4)5(8)9/h2-3H,1H3,(H,8,9). The average Bonchev–Trinajstić information content (AvgIpc) is 2.14. The zero-order valence-corrected chi connectivity index (χ0v) is 4.90. The lowest BCUT2D eigenvalue weighted by Gasteiger charge is -1.86. The van der Waals surface area contributed by atoms with Crippen molar-refractivity contribution in [3.8, 4) is 0 Å². The first-order valence-electron chi connectivity index (χ1n) is 2.44. The third-order valence-corrected chi connectivity index (χ3v) is 0.933. The predicted octanol–water partition coefficient (Wildman–Crippen LogP) is 0.718. The van der Waals surface area contributed by atoms with E-state index in [0.717, 1.165) is 4.57 Å². The Morgan fingerprint density at radius 1 is 1.89 bits per heavy atom. The molecule has 0 unspecified atom stereocenters. The molecule has 48 valence electrons. The van der Waals surface area contributed by atoms with E-state index in [4.69, 9.17) is 5.11 Å². The summed E-state index contributed by atoms with van der Waals surface area (Å²) in [6.07, 6.45) is 1.70. The Hall–Kier alpha value is -1.32. The molecule has 0 amide bonds. The van der Waals surface area contributed by atoms with E-state index in [1.54, 1.807) is 6.92 Å². The number of hydrogen-bond acceptors (Lipinski definition) is 2. The molecule has 9 heavy (non-hydrogen) atoms. The third-order valence-electron chi connectivity index (χ3n) is 0.933. The summed E-state index contributed by atoms with van der Waals surface area (Å²) >= 11 is 0. The largest absolute Gasteiger partial charge is 0.464 e. The summed E-state index contributed by atoms with van der Waals surface area (Å²) in [7, 11) is 0. The third kappa shape index (κ3) is 1.07. The number of rotatable bonds is 0. The maximum absolute atomic E-state index is 10.1. The molecule has 0 spiro atoms. The molecule has 0 atom stereocenters. The molecular formula is C5H6N2O2. The molecule has 1 aromatic rings. The van der Waals surface area contributed by atoms with Crippen LogP contribution in [0.3, 0.4) is 0 Å². The van der Waals surface area contributed by atoms with E-state index >= 15 is 0 Å². The predicted molar refractivity (Wildman–Crippen MR) is 30.4 cm³/mol. The number of carbonyl (C=O) groups is 1. The minimum atomic E-state index is -1.00. The second kappa shape index (κ2) is 1.89. The molecule has 0 aliphatic heterocycles. The van der Waals surface area contributed by atoms with Crippen LogP contribution >= 0.6 is 0 Å². The maximum Gasteiger partial charge on any atom is 0.416 e. The van der Waals surface area contributed by atoms with E-state index in [9.17, 15) is 4.79 Å². The van der Waals surface area contributed by atoms with Crippen molar-refractivity contribution in [1.29, 1.82) is 0 Å². The molecule has 4 nitrogen and oxygen atoms in total. The second-order valence-electron chi connectivity index (χ2n) is 1.70. The van der Waals surface area contributed by atoms with Crippen molar-refractivity contribution in [2.45, 2.75) is 6.92 Å². The number of carboxylic acid groups (broad SMARTS) is 1. The van der Waals surface area contributed by atoms with E-state index in [1.165, 1.54) is 12.5 Å². The number of aromatic nitrogens is 2. The summed E-state index contributed by atoms with van der Waals surface area (Å²) < 4.78 is 1.01. The monoisotopic (exact) mass is 126 g/mol. The van der Waals surface area contributed by atoms with E-state index in [-0.39, 0.29) is 0 Å². The Kier molecular flexibility index (Phi) is 1.22. The molecule has 1 N–H and O–H groups in total. The smallest absolute Gasteiger partial charge is 0.416 e. The van der Waals surface area contributed by atoms with Crippen LogP contribution in [0.25, 0.3) is 0 Å². The Morgan fingerprint density at radius 2 is 2.56 bits per heavy atom. The molecule has 0 saturated heterocycles. The summed E-state index contributed by atoms with van der Waals surface area (Å²) in [6, 6.07) is 0. The van der Waals surface area contributed by atoms with Crippen LogP contribution in [0.5, 0.6) is 0 Å². The van der Waals surface area contributed by atoms with Crippen LogP contribution in [0.1, 0.15) is 5.69 Å². The Bertz CT molecular complexity index is 229. The van der Waals surface area contributed by atoms with E-state index < -0.39 is 6.09 Å². The summed E-state index contributed by atoms with van der Waals surface area (Å²) in [5.74, 6) is 0. The van der Waals surface area contributed by atoms with Crippen LogP contribution < -0.4 is 0 Å². The Morgan fingerprint density at radius 3 is 2.78 bits per heavy atom. The van der Waals surface area contributed by atoms with Crippen LogP contribution in [-0.4, -0.2) is 20.8 Å². The number of imidazole rings is 1. The van der Waals surface area contributed by atoms with Gasteiger partial charge in [0.05, 0.1) is 5.69 Å². The van der Waals surface area contributed by atoms with Crippen molar-refractivity contribution < 1.29 is 9.90 Å². The topological polar surface area (TPSA) is 55.1 Å². The molecule has 0 radical (unpaired) electrons. The second-order valence-corrected chi connectivity index (χ2v) is 1.70. The van der Waals surface area contributed by atoms with Crippen LogP contribution in [0.4, 0.5) is 4.79 Å². The van der Waals surface area contributed by atoms with Crippen LogP contribution in [0.2, 0.25) is 0 Å². The van der Waals surface area contributed by atoms with Crippen LogP contribution in [0, 0.1) is 6.92 Å². The van der Waals surface area contributed by atoms with Crippen LogP contribution in [-0.2, 0) is 0 Å². The molecule has 0 bridgehead atoms. The van der Waals surface area contributed by atoms with E-state index in [2.05, 4.69) is 4.98 Å². The molecule has 4 heteroatoms. The highest BCUT2D eigenvalue weighted by molar-refractivity contribution is 5.67. The van der Waals surface area contributed by atoms with E-state index in [0.29, 0.717) is 5.69 Å². The van der Waals surface area contributed by atoms with E-state index in [1.807, 2.05) is 0 Å². The fourth-order valence-electron chi connectivity index (χ4n) is 0.526. The van der Waals surface area contributed by atoms with Gasteiger partial charge in [0.15, 0.2) is 0 Å². The van der Waals surface area contributed by atoms with Gasteiger partial charge < -0.3 is 5.11 Å². The first-order valence-corrected chi connectivity index (χ1v) is 2.44. The molecule has 0 fully saturated rings. The molecule has 1 rings (SSSR count). The normalized spacial score (nSPS) is 9.44. The Balaban J connectivity index is 2.98. The maximum atomic E-state index is 10.1. The van der Waals surface area contributed by atoms with Gasteiger partial charge in [-0.15, -0.1) is 0 Å². The van der Waals surface area contributed by atoms with Gasteiger partial charge in [0, 0.05) is 6.20 Å². The molecule has 1 heterocycles. The minimum absolute atomic E-state index is 0.706. The molecule has 0 saturated carbocycles. The number of hydrogen-bond donors (Lipinski definition) is 1. The summed E-state index contributed by atoms with van der Waals surface area (Å²) in [5.41, 5.74) is 0.706. The summed E-state index contributed by atoms with van der Waals surface area (Å²) in [6.45, 7) is 1.74. The average molecular weight is 126 g/mol. The Labute approximate surface area is 51.8 Å². The first-order chi connectivity index (χ1) is 4.20. The summed E-state index contributed by atoms with van der Waals surface area (Å²) in [4.78, 5) is 13.9. The van der Waals surface area contributed by atoms with Gasteiger partial charge in [-0.3, -0.25) is 0 Å². The number of nitrogens with zero attached hydrogens (tertiary/aromatic N) is 2. The van der Waals surface area contributed by atoms with Crippen molar-refractivity contribution in [2.24, 2.45) is 0 Å². The van der Waals surface area contributed by atoms with Gasteiger partial charge in [0.25, 0.3) is 0 Å². The van der Waals surface area contributed by atoms with Crippen LogP contribution in [0.15, 0.2) is 12.5 Å². The summed E-state index contributed by atoms with van der Waals surface area (Å²) in [5, 5.41) is 8.32. The number of aryl methyl sites for hydroxylation is 1. The van der Waals surface area contributed by atoms with Gasteiger partial charge in [-0.25, -0.2) is 14.3 Å². The van der Waals surface area contributed by atoms with Crippen molar-refractivity contribution in [1.82, 2.24) is 9.55 Å². The minimum Gasteiger partial charge on any atom is -0.464 e. The molecule has 0 aliphatic carbocycles. The van der Waals surface area contributed by atoms with Gasteiger partial charge in [-0.2, -0.15) is 0 Å². The molecular weight excluding hydrogens is 120 g/mol. The molecule has 1 aromatic heterocycles. The molecule has 0 aromatic carbocycles. The lowest BCUT2D eigenvalue weighted by atomic mass is 10.6. The fourth-order valence-corrected chi connectivity index (χ4v) is 0.526. The lowest BCUT2D eigenvalue weighted by molar-refractivity contribution is 0.196.